The molecule has 2 N–H and O–H groups in total. The molecule has 0 bridgehead atoms. The van der Waals surface area contributed by atoms with E-state index in [0.29, 0.717) is 10.4 Å². The SMILES string of the molecule is Cc1c(C(=O)O)sc2nc(/C(Cl)=C/c3ccc(-n4ccnc4)cc3)[nH]c(=O)c12. The molecule has 3 heterocycles. The van der Waals surface area contributed by atoms with Crippen LogP contribution in [0.25, 0.3) is 27.0 Å². The van der Waals surface area contributed by atoms with E-state index in [4.69, 9.17) is 11.6 Å². The molecule has 0 saturated heterocycles. The lowest BCUT2D eigenvalue weighted by Gasteiger charge is -2.03. The van der Waals surface area contributed by atoms with Crippen molar-refractivity contribution in [1.82, 2.24) is 19.5 Å². The van der Waals surface area contributed by atoms with E-state index in [-0.39, 0.29) is 21.1 Å². The number of aromatic amines is 1. The van der Waals surface area contributed by atoms with Crippen molar-refractivity contribution >= 4 is 50.2 Å². The van der Waals surface area contributed by atoms with E-state index in [1.807, 2.05) is 35.0 Å². The second-order valence-electron chi connectivity index (χ2n) is 6.01. The first-order valence-corrected chi connectivity index (χ1v) is 9.36. The molecule has 9 heteroatoms. The lowest BCUT2D eigenvalue weighted by atomic mass is 10.2. The zero-order valence-electron chi connectivity index (χ0n) is 14.5. The number of aryl methyl sites for hydroxylation is 1. The number of carboxylic acids is 1. The highest BCUT2D eigenvalue weighted by Gasteiger charge is 2.19. The van der Waals surface area contributed by atoms with Crippen LogP contribution in [0.1, 0.15) is 26.6 Å². The molecule has 28 heavy (non-hydrogen) atoms. The number of nitrogens with zero attached hydrogens (tertiary/aromatic N) is 3. The molecule has 3 aromatic heterocycles. The Morgan fingerprint density at radius 3 is 2.71 bits per heavy atom. The van der Waals surface area contributed by atoms with Gasteiger partial charge in [0.2, 0.25) is 0 Å². The Balaban J connectivity index is 1.71. The molecule has 0 aliphatic rings. The summed E-state index contributed by atoms with van der Waals surface area (Å²) in [5.74, 6) is -0.892. The molecule has 0 unspecified atom stereocenters. The molecule has 0 aliphatic heterocycles. The van der Waals surface area contributed by atoms with Crippen LogP contribution in [0.4, 0.5) is 0 Å². The van der Waals surface area contributed by atoms with Gasteiger partial charge in [0, 0.05) is 18.1 Å². The fourth-order valence-electron chi connectivity index (χ4n) is 2.83. The minimum absolute atomic E-state index is 0.0975. The van der Waals surface area contributed by atoms with Crippen molar-refractivity contribution in [3.63, 3.8) is 0 Å². The lowest BCUT2D eigenvalue weighted by molar-refractivity contribution is 0.0701. The predicted octanol–water partition coefficient (Wildman–Crippen LogP) is 3.91. The maximum atomic E-state index is 12.4. The minimum Gasteiger partial charge on any atom is -0.477 e. The highest BCUT2D eigenvalue weighted by Crippen LogP contribution is 2.28. The zero-order valence-corrected chi connectivity index (χ0v) is 16.1. The van der Waals surface area contributed by atoms with Crippen LogP contribution < -0.4 is 5.56 Å². The molecule has 0 spiro atoms. The first kappa shape index (κ1) is 18.1. The molecule has 0 aliphatic carbocycles. The second-order valence-corrected chi connectivity index (χ2v) is 7.42. The number of carboxylic acid groups (broad SMARTS) is 1. The Hall–Kier alpha value is -3.23. The Morgan fingerprint density at radius 1 is 1.32 bits per heavy atom. The van der Waals surface area contributed by atoms with E-state index in [9.17, 15) is 14.7 Å². The molecule has 1 aromatic carbocycles. The van der Waals surface area contributed by atoms with E-state index in [2.05, 4.69) is 15.0 Å². The van der Waals surface area contributed by atoms with Crippen molar-refractivity contribution in [2.75, 3.05) is 0 Å². The van der Waals surface area contributed by atoms with Crippen LogP contribution in [-0.4, -0.2) is 30.6 Å². The number of hydrogen-bond acceptors (Lipinski definition) is 5. The summed E-state index contributed by atoms with van der Waals surface area (Å²) in [6, 6.07) is 7.59. The monoisotopic (exact) mass is 412 g/mol. The van der Waals surface area contributed by atoms with Gasteiger partial charge in [0.1, 0.15) is 9.71 Å². The van der Waals surface area contributed by atoms with E-state index < -0.39 is 11.5 Å². The van der Waals surface area contributed by atoms with Gasteiger partial charge >= 0.3 is 5.97 Å². The summed E-state index contributed by atoms with van der Waals surface area (Å²) < 4.78 is 1.88. The third-order valence-corrected chi connectivity index (χ3v) is 5.67. The van der Waals surface area contributed by atoms with Gasteiger partial charge < -0.3 is 14.7 Å². The van der Waals surface area contributed by atoms with Gasteiger partial charge in [-0.3, -0.25) is 4.79 Å². The molecule has 140 valence electrons. The first-order chi connectivity index (χ1) is 13.4. The minimum atomic E-state index is -1.08. The number of carbonyl (C=O) groups is 1. The molecule has 7 nitrogen and oxygen atoms in total. The van der Waals surface area contributed by atoms with Crippen LogP contribution in [0, 0.1) is 6.92 Å². The van der Waals surface area contributed by atoms with Crippen LogP contribution in [-0.2, 0) is 0 Å². The Labute approximate surface area is 167 Å². The van der Waals surface area contributed by atoms with Crippen molar-refractivity contribution in [1.29, 1.82) is 0 Å². The molecular weight excluding hydrogens is 400 g/mol. The number of H-pyrrole nitrogens is 1. The number of fused-ring (bicyclic) bond motifs is 1. The molecule has 0 saturated carbocycles. The number of halogens is 1. The Bertz CT molecular complexity index is 1270. The zero-order chi connectivity index (χ0) is 19.8. The van der Waals surface area contributed by atoms with Gasteiger partial charge in [0.05, 0.1) is 16.7 Å². The number of aromatic carboxylic acids is 1. The summed E-state index contributed by atoms with van der Waals surface area (Å²) in [7, 11) is 0. The van der Waals surface area contributed by atoms with Gasteiger partial charge in [-0.15, -0.1) is 11.3 Å². The van der Waals surface area contributed by atoms with Crippen molar-refractivity contribution in [2.24, 2.45) is 0 Å². The molecule has 0 amide bonds. The standard InChI is InChI=1S/C19H13ClN4O3S/c1-10-14-17(25)22-16(23-18(14)28-15(10)19(26)27)13(20)8-11-2-4-12(5-3-11)24-7-6-21-9-24/h2-9H,1H3,(H,26,27)(H,22,23,25)/b13-8-. The fourth-order valence-corrected chi connectivity index (χ4v) is 4.07. The molecule has 0 fully saturated rings. The highest BCUT2D eigenvalue weighted by molar-refractivity contribution is 7.20. The lowest BCUT2D eigenvalue weighted by Crippen LogP contribution is -2.10. The number of hydrogen-bond donors (Lipinski definition) is 2. The van der Waals surface area contributed by atoms with Crippen LogP contribution in [0.3, 0.4) is 0 Å². The van der Waals surface area contributed by atoms with E-state index in [1.165, 1.54) is 0 Å². The number of nitrogens with one attached hydrogen (secondary N) is 1. The average molecular weight is 413 g/mol. The van der Waals surface area contributed by atoms with Crippen molar-refractivity contribution in [2.45, 2.75) is 6.92 Å². The summed E-state index contributed by atoms with van der Waals surface area (Å²) in [6.45, 7) is 1.60. The van der Waals surface area contributed by atoms with Crippen LogP contribution in [0.2, 0.25) is 0 Å². The smallest absolute Gasteiger partial charge is 0.346 e. The molecule has 4 aromatic rings. The molecule has 0 atom stereocenters. The van der Waals surface area contributed by atoms with Gasteiger partial charge in [-0.2, -0.15) is 0 Å². The van der Waals surface area contributed by atoms with E-state index in [1.54, 1.807) is 25.5 Å². The summed E-state index contributed by atoms with van der Waals surface area (Å²) in [6.07, 6.45) is 6.93. The van der Waals surface area contributed by atoms with Gasteiger partial charge in [0.15, 0.2) is 5.82 Å². The average Bonchev–Trinajstić information content (AvgIpc) is 3.31. The largest absolute Gasteiger partial charge is 0.477 e. The molecule has 0 radical (unpaired) electrons. The first-order valence-electron chi connectivity index (χ1n) is 8.16. The second kappa shape index (κ2) is 7.06. The Morgan fingerprint density at radius 2 is 2.07 bits per heavy atom. The summed E-state index contributed by atoms with van der Waals surface area (Å²) in [5.41, 5.74) is 1.77. The van der Waals surface area contributed by atoms with Crippen molar-refractivity contribution < 1.29 is 9.90 Å². The van der Waals surface area contributed by atoms with E-state index in [0.717, 1.165) is 22.6 Å². The van der Waals surface area contributed by atoms with Crippen LogP contribution >= 0.6 is 22.9 Å². The Kier molecular flexibility index (Phi) is 4.58. The maximum Gasteiger partial charge on any atom is 0.346 e. The summed E-state index contributed by atoms with van der Waals surface area (Å²) in [5, 5.41) is 9.77. The van der Waals surface area contributed by atoms with Crippen LogP contribution in [0.15, 0.2) is 47.8 Å². The van der Waals surface area contributed by atoms with Gasteiger partial charge in [-0.05, 0) is 36.3 Å². The predicted molar refractivity (Wildman–Crippen MR) is 109 cm³/mol. The number of imidazole rings is 1. The number of rotatable bonds is 4. The van der Waals surface area contributed by atoms with Gasteiger partial charge in [-0.1, -0.05) is 23.7 Å². The number of thiophene rings is 1. The topological polar surface area (TPSA) is 101 Å². The third-order valence-electron chi connectivity index (χ3n) is 4.21. The van der Waals surface area contributed by atoms with E-state index >= 15 is 0 Å². The number of aromatic nitrogens is 4. The highest BCUT2D eigenvalue weighted by atomic mass is 35.5. The summed E-state index contributed by atoms with van der Waals surface area (Å²) in [4.78, 5) is 35.1. The van der Waals surface area contributed by atoms with Gasteiger partial charge in [-0.25, -0.2) is 14.8 Å². The number of benzene rings is 1. The quantitative estimate of drug-likeness (QED) is 0.529. The van der Waals surface area contributed by atoms with Gasteiger partial charge in [0.25, 0.3) is 5.56 Å². The maximum absolute atomic E-state index is 12.4. The summed E-state index contributed by atoms with van der Waals surface area (Å²) >= 11 is 7.32. The third kappa shape index (κ3) is 3.23. The molecule has 4 rings (SSSR count). The molecular formula is C19H13ClN4O3S. The van der Waals surface area contributed by atoms with Crippen molar-refractivity contribution in [3.8, 4) is 5.69 Å². The normalized spacial score (nSPS) is 11.9. The van der Waals surface area contributed by atoms with Crippen LogP contribution in [0.5, 0.6) is 0 Å². The van der Waals surface area contributed by atoms with Crippen molar-refractivity contribution in [3.05, 3.63) is 75.2 Å². The fraction of sp³-hybridized carbons (Fsp3) is 0.0526.